The largest absolute Gasteiger partial charge is 0.313 e. The molecular weight excluding hydrogens is 133 g/mol. The summed E-state index contributed by atoms with van der Waals surface area (Å²) in [6, 6.07) is 5.47. The predicted octanol–water partition coefficient (Wildman–Crippen LogP) is 0.618. The highest BCUT2D eigenvalue weighted by atomic mass is 19.1. The molecule has 0 saturated carbocycles. The van der Waals surface area contributed by atoms with Gasteiger partial charge in [0.2, 0.25) is 0 Å². The van der Waals surface area contributed by atoms with E-state index in [-0.39, 0.29) is 12.1 Å². The number of pyridine rings is 1. The Morgan fingerprint density at radius 1 is 1.70 bits per heavy atom. The zero-order valence-corrected chi connectivity index (χ0v) is 5.38. The maximum Gasteiger partial charge on any atom is 0.251 e. The van der Waals surface area contributed by atoms with Gasteiger partial charge in [0, 0.05) is 12.3 Å². The molecule has 0 aliphatic rings. The van der Waals surface area contributed by atoms with Crippen molar-refractivity contribution in [3.8, 4) is 0 Å². The van der Waals surface area contributed by atoms with E-state index in [1.807, 2.05) is 0 Å². The van der Waals surface area contributed by atoms with Crippen molar-refractivity contribution in [3.63, 3.8) is 0 Å². The Morgan fingerprint density at radius 2 is 2.50 bits per heavy atom. The molecular formula is C7H7FNO. The summed E-state index contributed by atoms with van der Waals surface area (Å²) in [7, 11) is 0. The lowest BCUT2D eigenvalue weighted by Crippen LogP contribution is -2.18. The Morgan fingerprint density at radius 3 is 3.10 bits per heavy atom. The molecule has 0 atom stereocenters. The SMILES string of the molecule is O=c1c[c]ccn1CCF. The van der Waals surface area contributed by atoms with Crippen LogP contribution in [0.5, 0.6) is 0 Å². The summed E-state index contributed by atoms with van der Waals surface area (Å²) in [5.74, 6) is 0. The predicted molar refractivity (Wildman–Crippen MR) is 35.5 cm³/mol. The third-order valence-corrected chi connectivity index (χ3v) is 1.17. The molecule has 1 heterocycles. The summed E-state index contributed by atoms with van der Waals surface area (Å²) in [4.78, 5) is 10.8. The molecule has 3 heteroatoms. The number of alkyl halides is 1. The molecule has 1 radical (unpaired) electrons. The highest BCUT2D eigenvalue weighted by Crippen LogP contribution is 1.80. The average molecular weight is 140 g/mol. The second-order valence-corrected chi connectivity index (χ2v) is 1.85. The Bertz CT molecular complexity index is 256. The molecule has 1 rings (SSSR count). The van der Waals surface area contributed by atoms with Crippen molar-refractivity contribution in [1.29, 1.82) is 0 Å². The number of hydrogen-bond donors (Lipinski definition) is 0. The molecule has 0 fully saturated rings. The number of aryl methyl sites for hydroxylation is 1. The van der Waals surface area contributed by atoms with Gasteiger partial charge in [-0.1, -0.05) is 0 Å². The van der Waals surface area contributed by atoms with E-state index in [4.69, 9.17) is 0 Å². The number of nitrogens with zero attached hydrogens (tertiary/aromatic N) is 1. The monoisotopic (exact) mass is 140 g/mol. The lowest BCUT2D eigenvalue weighted by Gasteiger charge is -1.97. The van der Waals surface area contributed by atoms with E-state index in [1.54, 1.807) is 6.07 Å². The Balaban J connectivity index is 2.92. The van der Waals surface area contributed by atoms with E-state index >= 15 is 0 Å². The fourth-order valence-electron chi connectivity index (χ4n) is 0.685. The van der Waals surface area contributed by atoms with E-state index < -0.39 is 6.67 Å². The van der Waals surface area contributed by atoms with Gasteiger partial charge in [0.1, 0.15) is 6.67 Å². The van der Waals surface area contributed by atoms with Gasteiger partial charge in [0.25, 0.3) is 5.56 Å². The average Bonchev–Trinajstić information content (AvgIpc) is 1.94. The van der Waals surface area contributed by atoms with Gasteiger partial charge in [-0.25, -0.2) is 4.39 Å². The van der Waals surface area contributed by atoms with Crippen molar-refractivity contribution in [1.82, 2.24) is 4.57 Å². The highest BCUT2D eigenvalue weighted by Gasteiger charge is 1.90. The molecule has 2 nitrogen and oxygen atoms in total. The molecule has 0 saturated heterocycles. The summed E-state index contributed by atoms with van der Waals surface area (Å²) in [6.07, 6.45) is 1.52. The van der Waals surface area contributed by atoms with E-state index in [1.165, 1.54) is 16.8 Å². The molecule has 0 unspecified atom stereocenters. The van der Waals surface area contributed by atoms with Crippen LogP contribution in [0.25, 0.3) is 0 Å². The number of aromatic nitrogens is 1. The first-order valence-electron chi connectivity index (χ1n) is 2.97. The van der Waals surface area contributed by atoms with Crippen LogP contribution in [-0.2, 0) is 6.54 Å². The minimum Gasteiger partial charge on any atom is -0.313 e. The lowest BCUT2D eigenvalue weighted by molar-refractivity contribution is 0.440. The van der Waals surface area contributed by atoms with Gasteiger partial charge in [-0.2, -0.15) is 0 Å². The van der Waals surface area contributed by atoms with E-state index in [0.717, 1.165) is 0 Å². The lowest BCUT2D eigenvalue weighted by atomic mass is 10.5. The van der Waals surface area contributed by atoms with Gasteiger partial charge in [-0.05, 0) is 12.1 Å². The van der Waals surface area contributed by atoms with Crippen LogP contribution in [0.1, 0.15) is 0 Å². The van der Waals surface area contributed by atoms with Crippen molar-refractivity contribution >= 4 is 0 Å². The van der Waals surface area contributed by atoms with Crippen LogP contribution in [0.2, 0.25) is 0 Å². The quantitative estimate of drug-likeness (QED) is 0.590. The van der Waals surface area contributed by atoms with Crippen LogP contribution in [0, 0.1) is 6.07 Å². The second-order valence-electron chi connectivity index (χ2n) is 1.85. The minimum absolute atomic E-state index is 0.132. The third kappa shape index (κ3) is 1.43. The molecule has 53 valence electrons. The summed E-state index contributed by atoms with van der Waals surface area (Å²) < 4.78 is 13.0. The number of rotatable bonds is 2. The molecule has 0 aliphatic heterocycles. The van der Waals surface area contributed by atoms with Gasteiger partial charge < -0.3 is 4.57 Å². The van der Waals surface area contributed by atoms with Crippen LogP contribution >= 0.6 is 0 Å². The Hall–Kier alpha value is -1.12. The van der Waals surface area contributed by atoms with E-state index in [9.17, 15) is 9.18 Å². The van der Waals surface area contributed by atoms with Crippen LogP contribution < -0.4 is 5.56 Å². The molecule has 0 N–H and O–H groups in total. The summed E-state index contributed by atoms with van der Waals surface area (Å²) in [5.41, 5.74) is -0.208. The second kappa shape index (κ2) is 3.15. The smallest absolute Gasteiger partial charge is 0.251 e. The molecule has 0 bridgehead atoms. The van der Waals surface area contributed by atoms with Crippen LogP contribution in [0.4, 0.5) is 4.39 Å². The molecule has 0 aromatic carbocycles. The van der Waals surface area contributed by atoms with Crippen molar-refractivity contribution < 1.29 is 4.39 Å². The third-order valence-electron chi connectivity index (χ3n) is 1.17. The van der Waals surface area contributed by atoms with Gasteiger partial charge in [-0.15, -0.1) is 0 Å². The molecule has 1 aromatic heterocycles. The van der Waals surface area contributed by atoms with Crippen LogP contribution in [0.3, 0.4) is 0 Å². The van der Waals surface area contributed by atoms with Gasteiger partial charge >= 0.3 is 0 Å². The molecule has 0 spiro atoms. The zero-order chi connectivity index (χ0) is 7.40. The zero-order valence-electron chi connectivity index (χ0n) is 5.38. The highest BCUT2D eigenvalue weighted by molar-refractivity contribution is 4.90. The fraction of sp³-hybridized carbons (Fsp3) is 0.286. The molecule has 10 heavy (non-hydrogen) atoms. The topological polar surface area (TPSA) is 22.0 Å². The molecule has 0 amide bonds. The standard InChI is InChI=1S/C7H7FNO/c8-4-6-9-5-2-1-3-7(9)10/h2-3,5H,4,6H2. The minimum atomic E-state index is -0.510. The summed E-state index contributed by atoms with van der Waals surface area (Å²) >= 11 is 0. The summed E-state index contributed by atoms with van der Waals surface area (Å²) in [6.45, 7) is -0.378. The normalized spacial score (nSPS) is 9.70. The van der Waals surface area contributed by atoms with Crippen LogP contribution in [-0.4, -0.2) is 11.2 Å². The van der Waals surface area contributed by atoms with Crippen molar-refractivity contribution in [3.05, 3.63) is 34.7 Å². The van der Waals surface area contributed by atoms with Crippen molar-refractivity contribution in [2.45, 2.75) is 6.54 Å². The van der Waals surface area contributed by atoms with Gasteiger partial charge in [-0.3, -0.25) is 4.79 Å². The first-order valence-corrected chi connectivity index (χ1v) is 2.97. The summed E-state index contributed by atoms with van der Waals surface area (Å²) in [5, 5.41) is 0. The maximum absolute atomic E-state index is 11.7. The van der Waals surface area contributed by atoms with Gasteiger partial charge in [0.15, 0.2) is 0 Å². The fourth-order valence-corrected chi connectivity index (χ4v) is 0.685. The molecule has 0 aliphatic carbocycles. The van der Waals surface area contributed by atoms with E-state index in [2.05, 4.69) is 6.07 Å². The van der Waals surface area contributed by atoms with Gasteiger partial charge in [0.05, 0.1) is 6.54 Å². The maximum atomic E-state index is 11.7. The first-order chi connectivity index (χ1) is 4.84. The van der Waals surface area contributed by atoms with Crippen molar-refractivity contribution in [2.24, 2.45) is 0 Å². The van der Waals surface area contributed by atoms with Crippen molar-refractivity contribution in [2.75, 3.05) is 6.67 Å². The number of halogens is 1. The first kappa shape index (κ1) is 6.99. The molecule has 1 aromatic rings. The van der Waals surface area contributed by atoms with E-state index in [0.29, 0.717) is 0 Å². The van der Waals surface area contributed by atoms with Crippen LogP contribution in [0.15, 0.2) is 23.1 Å². The number of hydrogen-bond acceptors (Lipinski definition) is 1. The Kier molecular flexibility index (Phi) is 2.20. The Labute approximate surface area is 57.9 Å².